The molecule has 0 unspecified atom stereocenters. The third-order valence-corrected chi connectivity index (χ3v) is 1.48. The normalized spacial score (nSPS) is 26.2. The molecule has 0 aromatic carbocycles. The Hall–Kier alpha value is -0.530. The highest BCUT2D eigenvalue weighted by Gasteiger charge is 2.13. The SMILES string of the molecule is CC(C)C1=NC[C@H](C)N1.[HH]. The third-order valence-electron chi connectivity index (χ3n) is 1.48. The van der Waals surface area contributed by atoms with Crippen molar-refractivity contribution in [2.24, 2.45) is 10.9 Å². The lowest BCUT2D eigenvalue weighted by Gasteiger charge is -2.07. The highest BCUT2D eigenvalue weighted by atomic mass is 15.1. The maximum atomic E-state index is 4.32. The van der Waals surface area contributed by atoms with Crippen LogP contribution in [-0.4, -0.2) is 18.4 Å². The summed E-state index contributed by atoms with van der Waals surface area (Å²) in [5.41, 5.74) is 0. The molecule has 0 bridgehead atoms. The molecule has 1 rings (SSSR count). The summed E-state index contributed by atoms with van der Waals surface area (Å²) in [6.45, 7) is 7.42. The van der Waals surface area contributed by atoms with E-state index in [1.165, 1.54) is 5.84 Å². The highest BCUT2D eigenvalue weighted by Crippen LogP contribution is 2.02. The molecule has 1 aliphatic rings. The number of aliphatic imine (C=N–C) groups is 1. The van der Waals surface area contributed by atoms with Crippen molar-refractivity contribution in [2.75, 3.05) is 6.54 Å². The Morgan fingerprint density at radius 3 is 2.67 bits per heavy atom. The largest absolute Gasteiger partial charge is 0.369 e. The molecule has 0 amide bonds. The molecule has 9 heavy (non-hydrogen) atoms. The van der Waals surface area contributed by atoms with E-state index in [9.17, 15) is 0 Å². The van der Waals surface area contributed by atoms with Crippen molar-refractivity contribution in [1.29, 1.82) is 0 Å². The summed E-state index contributed by atoms with van der Waals surface area (Å²) in [5, 5.41) is 3.30. The maximum Gasteiger partial charge on any atom is 0.0992 e. The van der Waals surface area contributed by atoms with Crippen molar-refractivity contribution in [3.8, 4) is 0 Å². The molecule has 0 aromatic rings. The van der Waals surface area contributed by atoms with Crippen molar-refractivity contribution >= 4 is 5.84 Å². The lowest BCUT2D eigenvalue weighted by molar-refractivity contribution is 0.708. The topological polar surface area (TPSA) is 24.4 Å². The summed E-state index contributed by atoms with van der Waals surface area (Å²) in [5.74, 6) is 1.73. The second-order valence-electron chi connectivity index (χ2n) is 2.93. The zero-order valence-electron chi connectivity index (χ0n) is 6.31. The van der Waals surface area contributed by atoms with Gasteiger partial charge in [0, 0.05) is 13.4 Å². The standard InChI is InChI=1S/C7H14N2.H2/c1-5(2)7-8-4-6(3)9-7;/h5-6H,4H2,1-3H3,(H,8,9);1H/t6-;/m0./s1. The molecular formula is C7H16N2. The first kappa shape index (κ1) is 6.59. The molecule has 0 saturated carbocycles. The van der Waals surface area contributed by atoms with E-state index in [0.717, 1.165) is 6.54 Å². The van der Waals surface area contributed by atoms with Crippen LogP contribution < -0.4 is 5.32 Å². The van der Waals surface area contributed by atoms with Crippen LogP contribution in [0, 0.1) is 5.92 Å². The Morgan fingerprint density at radius 2 is 2.44 bits per heavy atom. The average Bonchev–Trinajstić information content (AvgIpc) is 2.14. The van der Waals surface area contributed by atoms with Gasteiger partial charge in [0.1, 0.15) is 0 Å². The Balaban J connectivity index is 0.000000810. The van der Waals surface area contributed by atoms with Gasteiger partial charge in [-0.15, -0.1) is 0 Å². The van der Waals surface area contributed by atoms with Crippen molar-refractivity contribution in [3.63, 3.8) is 0 Å². The fourth-order valence-electron chi connectivity index (χ4n) is 0.928. The Kier molecular flexibility index (Phi) is 1.74. The van der Waals surface area contributed by atoms with Gasteiger partial charge in [0.2, 0.25) is 0 Å². The molecule has 54 valence electrons. The van der Waals surface area contributed by atoms with Crippen LogP contribution in [0.25, 0.3) is 0 Å². The van der Waals surface area contributed by atoms with E-state index in [1.807, 2.05) is 0 Å². The fourth-order valence-corrected chi connectivity index (χ4v) is 0.928. The van der Waals surface area contributed by atoms with Gasteiger partial charge in [0.15, 0.2) is 0 Å². The zero-order chi connectivity index (χ0) is 6.85. The van der Waals surface area contributed by atoms with Crippen molar-refractivity contribution < 1.29 is 1.43 Å². The molecular weight excluding hydrogens is 112 g/mol. The van der Waals surface area contributed by atoms with E-state index in [2.05, 4.69) is 31.1 Å². The van der Waals surface area contributed by atoms with Gasteiger partial charge in [-0.05, 0) is 6.92 Å². The van der Waals surface area contributed by atoms with Crippen LogP contribution in [-0.2, 0) is 0 Å². The van der Waals surface area contributed by atoms with Crippen LogP contribution in [0.4, 0.5) is 0 Å². The third kappa shape index (κ3) is 1.44. The van der Waals surface area contributed by atoms with Crippen LogP contribution in [0.5, 0.6) is 0 Å². The van der Waals surface area contributed by atoms with E-state index in [-0.39, 0.29) is 1.43 Å². The van der Waals surface area contributed by atoms with E-state index in [1.54, 1.807) is 0 Å². The first-order valence-corrected chi connectivity index (χ1v) is 3.51. The van der Waals surface area contributed by atoms with E-state index < -0.39 is 0 Å². The monoisotopic (exact) mass is 128 g/mol. The fraction of sp³-hybridized carbons (Fsp3) is 0.857. The van der Waals surface area contributed by atoms with Gasteiger partial charge in [-0.2, -0.15) is 0 Å². The Labute approximate surface area is 57.9 Å². The van der Waals surface area contributed by atoms with Gasteiger partial charge in [0.25, 0.3) is 0 Å². The summed E-state index contributed by atoms with van der Waals surface area (Å²) >= 11 is 0. The quantitative estimate of drug-likeness (QED) is 0.565. The second kappa shape index (κ2) is 2.38. The zero-order valence-corrected chi connectivity index (χ0v) is 6.31. The van der Waals surface area contributed by atoms with Crippen LogP contribution in [0.2, 0.25) is 0 Å². The number of hydrogen-bond acceptors (Lipinski definition) is 2. The summed E-state index contributed by atoms with van der Waals surface area (Å²) in [6, 6.07) is 0.558. The predicted molar refractivity (Wildman–Crippen MR) is 41.9 cm³/mol. The van der Waals surface area contributed by atoms with Crippen molar-refractivity contribution in [3.05, 3.63) is 0 Å². The lowest BCUT2D eigenvalue weighted by atomic mass is 10.2. The predicted octanol–water partition coefficient (Wildman–Crippen LogP) is 1.28. The van der Waals surface area contributed by atoms with E-state index >= 15 is 0 Å². The Bertz CT molecular complexity index is 132. The van der Waals surface area contributed by atoms with Gasteiger partial charge in [-0.3, -0.25) is 4.99 Å². The van der Waals surface area contributed by atoms with Crippen molar-refractivity contribution in [2.45, 2.75) is 26.8 Å². The molecule has 1 heterocycles. The van der Waals surface area contributed by atoms with Gasteiger partial charge >= 0.3 is 0 Å². The lowest BCUT2D eigenvalue weighted by Crippen LogP contribution is -2.30. The van der Waals surface area contributed by atoms with Gasteiger partial charge in [-0.25, -0.2) is 0 Å². The summed E-state index contributed by atoms with van der Waals surface area (Å²) in [7, 11) is 0. The summed E-state index contributed by atoms with van der Waals surface area (Å²) in [4.78, 5) is 4.32. The van der Waals surface area contributed by atoms with E-state index in [0.29, 0.717) is 12.0 Å². The minimum Gasteiger partial charge on any atom is -0.369 e. The van der Waals surface area contributed by atoms with Gasteiger partial charge in [0.05, 0.1) is 12.4 Å². The summed E-state index contributed by atoms with van der Waals surface area (Å²) < 4.78 is 0. The van der Waals surface area contributed by atoms with Crippen LogP contribution in [0.3, 0.4) is 0 Å². The molecule has 1 atom stereocenters. The molecule has 0 fully saturated rings. The minimum atomic E-state index is 0. The van der Waals surface area contributed by atoms with Crippen molar-refractivity contribution in [1.82, 2.24) is 5.32 Å². The van der Waals surface area contributed by atoms with E-state index in [4.69, 9.17) is 0 Å². The van der Waals surface area contributed by atoms with Gasteiger partial charge in [-0.1, -0.05) is 13.8 Å². The highest BCUT2D eigenvalue weighted by molar-refractivity contribution is 5.85. The van der Waals surface area contributed by atoms with Gasteiger partial charge < -0.3 is 5.32 Å². The molecule has 1 N–H and O–H groups in total. The minimum absolute atomic E-state index is 0. The summed E-state index contributed by atoms with van der Waals surface area (Å²) in [6.07, 6.45) is 0. The second-order valence-corrected chi connectivity index (χ2v) is 2.93. The number of hydrogen-bond donors (Lipinski definition) is 1. The van der Waals surface area contributed by atoms with Crippen LogP contribution in [0.1, 0.15) is 22.2 Å². The Morgan fingerprint density at radius 1 is 1.78 bits per heavy atom. The molecule has 0 aliphatic carbocycles. The molecule has 0 saturated heterocycles. The molecule has 0 radical (unpaired) electrons. The average molecular weight is 128 g/mol. The maximum absolute atomic E-state index is 4.32. The molecule has 0 aromatic heterocycles. The molecule has 1 aliphatic heterocycles. The first-order valence-electron chi connectivity index (χ1n) is 3.51. The number of nitrogens with zero attached hydrogens (tertiary/aromatic N) is 1. The first-order chi connectivity index (χ1) is 4.20. The number of nitrogens with one attached hydrogen (secondary N) is 1. The molecule has 2 heteroatoms. The van der Waals surface area contributed by atoms with Crippen LogP contribution in [0.15, 0.2) is 4.99 Å². The van der Waals surface area contributed by atoms with Crippen LogP contribution >= 0.6 is 0 Å². The number of rotatable bonds is 1. The number of amidine groups is 1. The smallest absolute Gasteiger partial charge is 0.0992 e. The molecule has 2 nitrogen and oxygen atoms in total. The molecule has 0 spiro atoms.